The van der Waals surface area contributed by atoms with Crippen molar-refractivity contribution in [3.8, 4) is 0 Å². The molecule has 118 valence electrons. The number of halogens is 1. The van der Waals surface area contributed by atoms with Crippen LogP contribution in [0.3, 0.4) is 0 Å². The molecule has 0 saturated heterocycles. The molecule has 0 unspecified atom stereocenters. The summed E-state index contributed by atoms with van der Waals surface area (Å²) in [6.45, 7) is 2.75. The van der Waals surface area contributed by atoms with Gasteiger partial charge in [0.2, 0.25) is 0 Å². The van der Waals surface area contributed by atoms with E-state index in [2.05, 4.69) is 41.7 Å². The Morgan fingerprint density at radius 2 is 1.65 bits per heavy atom. The standard InChI is InChI=1S/C17H31IO2/c1-2-3-4-5-6-10-13-16-20-17(19)14-11-8-7-9-12-15-18/h6,10H,2-5,7-9,11-16H2,1H3/b10-6-. The molecule has 0 heterocycles. The first-order valence-corrected chi connectivity index (χ1v) is 9.70. The number of hydrogen-bond donors (Lipinski definition) is 0. The first-order chi connectivity index (χ1) is 9.81. The summed E-state index contributed by atoms with van der Waals surface area (Å²) in [6, 6.07) is 0. The third-order valence-corrected chi connectivity index (χ3v) is 3.97. The van der Waals surface area contributed by atoms with Crippen molar-refractivity contribution in [2.75, 3.05) is 11.0 Å². The lowest BCUT2D eigenvalue weighted by Gasteiger charge is -2.03. The van der Waals surface area contributed by atoms with Gasteiger partial charge in [-0.1, -0.05) is 73.8 Å². The molecule has 0 N–H and O–H groups in total. The molecule has 0 spiro atoms. The number of carbonyl (C=O) groups is 1. The minimum atomic E-state index is -0.0294. The molecular weight excluding hydrogens is 363 g/mol. The molecular formula is C17H31IO2. The van der Waals surface area contributed by atoms with Crippen molar-refractivity contribution >= 4 is 28.6 Å². The molecule has 0 amide bonds. The van der Waals surface area contributed by atoms with Gasteiger partial charge in [0.05, 0.1) is 6.61 Å². The number of carbonyl (C=O) groups excluding carboxylic acids is 1. The first kappa shape index (κ1) is 19.9. The Morgan fingerprint density at radius 1 is 0.950 bits per heavy atom. The number of esters is 1. The summed E-state index contributed by atoms with van der Waals surface area (Å²) in [5, 5.41) is 0. The molecule has 3 heteroatoms. The van der Waals surface area contributed by atoms with Gasteiger partial charge in [0.15, 0.2) is 0 Å². The normalized spacial score (nSPS) is 11.1. The minimum absolute atomic E-state index is 0.0294. The number of allylic oxidation sites excluding steroid dienone is 1. The predicted octanol–water partition coefficient (Wildman–Crippen LogP) is 5.83. The van der Waals surface area contributed by atoms with Gasteiger partial charge in [0.25, 0.3) is 0 Å². The van der Waals surface area contributed by atoms with E-state index in [1.807, 2.05) is 0 Å². The fourth-order valence-corrected chi connectivity index (χ4v) is 2.49. The Balaban J connectivity index is 3.24. The van der Waals surface area contributed by atoms with Crippen molar-refractivity contribution < 1.29 is 9.53 Å². The van der Waals surface area contributed by atoms with E-state index in [0.717, 1.165) is 25.7 Å². The van der Waals surface area contributed by atoms with Crippen molar-refractivity contribution in [1.82, 2.24) is 0 Å². The maximum absolute atomic E-state index is 11.5. The second-order valence-corrected chi connectivity index (χ2v) is 6.26. The molecule has 0 aromatic heterocycles. The summed E-state index contributed by atoms with van der Waals surface area (Å²) in [6.07, 6.45) is 16.7. The highest BCUT2D eigenvalue weighted by Crippen LogP contribution is 2.07. The van der Waals surface area contributed by atoms with Crippen LogP contribution in [-0.2, 0) is 9.53 Å². The van der Waals surface area contributed by atoms with Gasteiger partial charge in [-0.05, 0) is 36.5 Å². The third-order valence-electron chi connectivity index (χ3n) is 3.20. The summed E-state index contributed by atoms with van der Waals surface area (Å²) in [7, 11) is 0. The van der Waals surface area contributed by atoms with E-state index in [1.54, 1.807) is 0 Å². The van der Waals surface area contributed by atoms with Gasteiger partial charge in [-0.15, -0.1) is 0 Å². The lowest BCUT2D eigenvalue weighted by molar-refractivity contribution is -0.143. The number of ether oxygens (including phenoxy) is 1. The average Bonchev–Trinajstić information content (AvgIpc) is 2.45. The maximum Gasteiger partial charge on any atom is 0.305 e. The van der Waals surface area contributed by atoms with Crippen LogP contribution in [0.1, 0.15) is 77.6 Å². The zero-order valence-corrected chi connectivity index (χ0v) is 15.2. The van der Waals surface area contributed by atoms with E-state index < -0.39 is 0 Å². The molecule has 0 rings (SSSR count). The first-order valence-electron chi connectivity index (χ1n) is 8.17. The van der Waals surface area contributed by atoms with E-state index in [-0.39, 0.29) is 5.97 Å². The fourth-order valence-electron chi connectivity index (χ4n) is 1.96. The van der Waals surface area contributed by atoms with E-state index in [9.17, 15) is 4.79 Å². The van der Waals surface area contributed by atoms with E-state index >= 15 is 0 Å². The molecule has 0 atom stereocenters. The van der Waals surface area contributed by atoms with Crippen molar-refractivity contribution in [3.63, 3.8) is 0 Å². The molecule has 20 heavy (non-hydrogen) atoms. The van der Waals surface area contributed by atoms with E-state index in [1.165, 1.54) is 43.0 Å². The van der Waals surface area contributed by atoms with Crippen LogP contribution in [0.4, 0.5) is 0 Å². The van der Waals surface area contributed by atoms with Crippen molar-refractivity contribution in [3.05, 3.63) is 12.2 Å². The van der Waals surface area contributed by atoms with Crippen LogP contribution in [0.15, 0.2) is 12.2 Å². The number of hydrogen-bond acceptors (Lipinski definition) is 2. The van der Waals surface area contributed by atoms with Gasteiger partial charge in [-0.25, -0.2) is 0 Å². The van der Waals surface area contributed by atoms with Crippen LogP contribution in [-0.4, -0.2) is 17.0 Å². The van der Waals surface area contributed by atoms with Crippen LogP contribution in [0.5, 0.6) is 0 Å². The lowest BCUT2D eigenvalue weighted by Crippen LogP contribution is -2.04. The maximum atomic E-state index is 11.5. The summed E-state index contributed by atoms with van der Waals surface area (Å²) in [5.74, 6) is -0.0294. The molecule has 0 bridgehead atoms. The third kappa shape index (κ3) is 16.0. The second kappa shape index (κ2) is 17.0. The Morgan fingerprint density at radius 3 is 2.40 bits per heavy atom. The van der Waals surface area contributed by atoms with E-state index in [0.29, 0.717) is 13.0 Å². The molecule has 0 aliphatic rings. The van der Waals surface area contributed by atoms with Crippen LogP contribution < -0.4 is 0 Å². The Kier molecular flexibility index (Phi) is 16.9. The fraction of sp³-hybridized carbons (Fsp3) is 0.824. The Bertz CT molecular complexity index is 239. The zero-order chi connectivity index (χ0) is 14.9. The number of unbranched alkanes of at least 4 members (excludes halogenated alkanes) is 7. The van der Waals surface area contributed by atoms with Crippen LogP contribution in [0.2, 0.25) is 0 Å². The molecule has 0 aromatic rings. The minimum Gasteiger partial charge on any atom is -0.465 e. The summed E-state index contributed by atoms with van der Waals surface area (Å²) in [5.41, 5.74) is 0. The SMILES string of the molecule is CCCCC/C=C\CCOC(=O)CCCCCCCI. The highest BCUT2D eigenvalue weighted by molar-refractivity contribution is 14.1. The average molecular weight is 394 g/mol. The second-order valence-electron chi connectivity index (χ2n) is 5.18. The van der Waals surface area contributed by atoms with Crippen LogP contribution >= 0.6 is 22.6 Å². The Hall–Kier alpha value is -0.0600. The molecule has 0 saturated carbocycles. The van der Waals surface area contributed by atoms with Gasteiger partial charge < -0.3 is 4.74 Å². The van der Waals surface area contributed by atoms with Crippen molar-refractivity contribution in [2.24, 2.45) is 0 Å². The molecule has 0 fully saturated rings. The van der Waals surface area contributed by atoms with Gasteiger partial charge in [0, 0.05) is 6.42 Å². The summed E-state index contributed by atoms with van der Waals surface area (Å²) in [4.78, 5) is 11.5. The number of alkyl halides is 1. The van der Waals surface area contributed by atoms with Crippen LogP contribution in [0.25, 0.3) is 0 Å². The molecule has 0 radical (unpaired) electrons. The molecule has 0 aromatic carbocycles. The summed E-state index contributed by atoms with van der Waals surface area (Å²) >= 11 is 2.41. The largest absolute Gasteiger partial charge is 0.465 e. The highest BCUT2D eigenvalue weighted by atomic mass is 127. The van der Waals surface area contributed by atoms with Gasteiger partial charge in [-0.2, -0.15) is 0 Å². The van der Waals surface area contributed by atoms with Gasteiger partial charge >= 0.3 is 5.97 Å². The monoisotopic (exact) mass is 394 g/mol. The lowest BCUT2D eigenvalue weighted by atomic mass is 10.1. The molecule has 2 nitrogen and oxygen atoms in total. The van der Waals surface area contributed by atoms with E-state index in [4.69, 9.17) is 4.74 Å². The van der Waals surface area contributed by atoms with Crippen LogP contribution in [0, 0.1) is 0 Å². The van der Waals surface area contributed by atoms with Gasteiger partial charge in [-0.3, -0.25) is 4.79 Å². The van der Waals surface area contributed by atoms with Gasteiger partial charge in [0.1, 0.15) is 0 Å². The highest BCUT2D eigenvalue weighted by Gasteiger charge is 2.01. The molecule has 0 aliphatic carbocycles. The topological polar surface area (TPSA) is 26.3 Å². The number of rotatable bonds is 14. The summed E-state index contributed by atoms with van der Waals surface area (Å²) < 4.78 is 6.45. The Labute approximate surface area is 138 Å². The smallest absolute Gasteiger partial charge is 0.305 e. The van der Waals surface area contributed by atoms with Crippen molar-refractivity contribution in [2.45, 2.75) is 77.6 Å². The van der Waals surface area contributed by atoms with Crippen molar-refractivity contribution in [1.29, 1.82) is 0 Å². The molecule has 0 aliphatic heterocycles. The zero-order valence-electron chi connectivity index (χ0n) is 13.0. The quantitative estimate of drug-likeness (QED) is 0.122. The predicted molar refractivity (Wildman–Crippen MR) is 95.4 cm³/mol.